The number of allylic oxidation sites excluding steroid dienone is 1. The van der Waals surface area contributed by atoms with Crippen LogP contribution >= 0.6 is 23.1 Å². The first kappa shape index (κ1) is 31.4. The number of esters is 1. The Bertz CT molecular complexity index is 2140. The quantitative estimate of drug-likeness (QED) is 0.131. The summed E-state index contributed by atoms with van der Waals surface area (Å²) in [5.41, 5.74) is 3.32. The van der Waals surface area contributed by atoms with Gasteiger partial charge in [0, 0.05) is 4.90 Å². The minimum Gasteiger partial charge on any atom is -0.493 e. The first-order valence-corrected chi connectivity index (χ1v) is 17.0. The number of ether oxygens (including phenoxy) is 3. The summed E-state index contributed by atoms with van der Waals surface area (Å²) in [6, 6.07) is 27.2. The van der Waals surface area contributed by atoms with E-state index in [1.165, 1.54) is 11.3 Å². The summed E-state index contributed by atoms with van der Waals surface area (Å²) >= 11 is 2.91. The van der Waals surface area contributed by atoms with Crippen molar-refractivity contribution in [1.82, 2.24) is 4.57 Å². The van der Waals surface area contributed by atoms with E-state index in [0.717, 1.165) is 32.4 Å². The Morgan fingerprint density at radius 3 is 2.52 bits per heavy atom. The van der Waals surface area contributed by atoms with Crippen molar-refractivity contribution < 1.29 is 19.0 Å². The van der Waals surface area contributed by atoms with Gasteiger partial charge in [0.2, 0.25) is 0 Å². The van der Waals surface area contributed by atoms with Crippen molar-refractivity contribution in [3.05, 3.63) is 133 Å². The predicted octanol–water partition coefficient (Wildman–Crippen LogP) is 6.65. The third-order valence-electron chi connectivity index (χ3n) is 7.76. The summed E-state index contributed by atoms with van der Waals surface area (Å²) in [6.07, 6.45) is 3.51. The van der Waals surface area contributed by atoms with Gasteiger partial charge in [0.15, 0.2) is 16.3 Å². The molecule has 2 heterocycles. The number of thioether (sulfide) groups is 1. The Labute approximate surface area is 275 Å². The van der Waals surface area contributed by atoms with Gasteiger partial charge < -0.3 is 14.2 Å². The van der Waals surface area contributed by atoms with Gasteiger partial charge in [-0.15, -0.1) is 11.8 Å². The third kappa shape index (κ3) is 6.25. The van der Waals surface area contributed by atoms with E-state index in [4.69, 9.17) is 19.2 Å². The zero-order chi connectivity index (χ0) is 32.4. The van der Waals surface area contributed by atoms with E-state index in [1.54, 1.807) is 44.2 Å². The predicted molar refractivity (Wildman–Crippen MR) is 184 cm³/mol. The molecule has 46 heavy (non-hydrogen) atoms. The molecule has 1 aliphatic rings. The number of benzene rings is 4. The summed E-state index contributed by atoms with van der Waals surface area (Å²) < 4.78 is 19.6. The molecule has 0 saturated heterocycles. The Balaban J connectivity index is 1.36. The molecule has 234 valence electrons. The fourth-order valence-corrected chi connectivity index (χ4v) is 7.04. The molecule has 0 N–H and O–H groups in total. The van der Waals surface area contributed by atoms with Crippen LogP contribution in [0.25, 0.3) is 16.8 Å². The largest absolute Gasteiger partial charge is 0.493 e. The van der Waals surface area contributed by atoms with Gasteiger partial charge in [-0.05, 0) is 84.8 Å². The SMILES string of the molecule is COc1cc(/C=c2\sc3n(c2=O)[C@H](c2ccc(SC)cc2)C(C(=O)OC(C)C)=C(C)N=3)ccc1OCc1cccc2ccccc12. The molecule has 0 bridgehead atoms. The first-order chi connectivity index (χ1) is 22.3. The number of carbonyl (C=O) groups is 1. The van der Waals surface area contributed by atoms with Crippen molar-refractivity contribution >= 4 is 45.9 Å². The highest BCUT2D eigenvalue weighted by atomic mass is 32.2. The average molecular weight is 651 g/mol. The summed E-state index contributed by atoms with van der Waals surface area (Å²) in [5, 5.41) is 2.30. The molecular weight excluding hydrogens is 617 g/mol. The van der Waals surface area contributed by atoms with Gasteiger partial charge in [0.1, 0.15) is 6.61 Å². The maximum Gasteiger partial charge on any atom is 0.338 e. The van der Waals surface area contributed by atoms with Crippen LogP contribution in [-0.2, 0) is 16.1 Å². The van der Waals surface area contributed by atoms with Crippen LogP contribution in [0.15, 0.2) is 111 Å². The minimum atomic E-state index is -0.667. The number of fused-ring (bicyclic) bond motifs is 2. The number of hydrogen-bond acceptors (Lipinski definition) is 8. The standard InChI is InChI=1S/C37H34N2O5S2/c1-22(2)44-36(41)33-23(3)38-37-39(34(33)26-14-16-28(45-5)17-15-26)35(40)32(46-37)20-24-13-18-30(31(19-24)42-4)43-21-27-11-8-10-25-9-6-7-12-29(25)27/h6-20,22,34H,21H2,1-5H3/b32-20-/t34-/m1/s1. The van der Waals surface area contributed by atoms with Crippen molar-refractivity contribution in [2.24, 2.45) is 4.99 Å². The number of rotatable bonds is 9. The molecule has 0 saturated carbocycles. The van der Waals surface area contributed by atoms with Gasteiger partial charge in [0.25, 0.3) is 5.56 Å². The molecule has 5 aromatic rings. The highest BCUT2D eigenvalue weighted by Gasteiger charge is 2.33. The zero-order valence-electron chi connectivity index (χ0n) is 26.3. The van der Waals surface area contributed by atoms with Crippen LogP contribution in [-0.4, -0.2) is 30.0 Å². The monoisotopic (exact) mass is 650 g/mol. The summed E-state index contributed by atoms with van der Waals surface area (Å²) in [6.45, 7) is 5.78. The van der Waals surface area contributed by atoms with Crippen LogP contribution in [0.1, 0.15) is 43.5 Å². The van der Waals surface area contributed by atoms with E-state index < -0.39 is 12.0 Å². The lowest BCUT2D eigenvalue weighted by molar-refractivity contribution is -0.143. The Morgan fingerprint density at radius 2 is 1.78 bits per heavy atom. The van der Waals surface area contributed by atoms with Crippen molar-refractivity contribution in [2.45, 2.75) is 44.4 Å². The minimum absolute atomic E-state index is 0.236. The molecule has 1 aliphatic heterocycles. The number of carbonyl (C=O) groups excluding carboxylic acids is 1. The Kier molecular flexibility index (Phi) is 9.15. The molecule has 7 nitrogen and oxygen atoms in total. The van der Waals surface area contributed by atoms with Gasteiger partial charge in [-0.25, -0.2) is 9.79 Å². The molecule has 1 atom stereocenters. The number of hydrogen-bond donors (Lipinski definition) is 0. The first-order valence-electron chi connectivity index (χ1n) is 14.9. The van der Waals surface area contributed by atoms with E-state index in [9.17, 15) is 9.59 Å². The molecule has 6 rings (SSSR count). The zero-order valence-corrected chi connectivity index (χ0v) is 27.9. The van der Waals surface area contributed by atoms with Gasteiger partial charge in [-0.1, -0.05) is 72.0 Å². The van der Waals surface area contributed by atoms with Crippen LogP contribution in [0.4, 0.5) is 0 Å². The highest BCUT2D eigenvalue weighted by Crippen LogP contribution is 2.33. The maximum atomic E-state index is 14.1. The molecular formula is C37H34N2O5S2. The molecule has 0 amide bonds. The molecule has 0 aliphatic carbocycles. The summed E-state index contributed by atoms with van der Waals surface area (Å²) in [4.78, 5) is 33.7. The van der Waals surface area contributed by atoms with Crippen molar-refractivity contribution in [1.29, 1.82) is 0 Å². The fraction of sp³-hybridized carbons (Fsp3) is 0.216. The lowest BCUT2D eigenvalue weighted by atomic mass is 9.96. The maximum absolute atomic E-state index is 14.1. The second kappa shape index (κ2) is 13.4. The molecule has 0 unspecified atom stereocenters. The Morgan fingerprint density at radius 1 is 1.02 bits per heavy atom. The van der Waals surface area contributed by atoms with Crippen LogP contribution < -0.4 is 24.4 Å². The van der Waals surface area contributed by atoms with E-state index in [-0.39, 0.29) is 11.7 Å². The molecule has 0 spiro atoms. The van der Waals surface area contributed by atoms with Crippen molar-refractivity contribution in [2.75, 3.05) is 13.4 Å². The molecule has 0 radical (unpaired) electrons. The molecule has 0 fully saturated rings. The van der Waals surface area contributed by atoms with E-state index >= 15 is 0 Å². The van der Waals surface area contributed by atoms with Gasteiger partial charge in [-0.2, -0.15) is 0 Å². The van der Waals surface area contributed by atoms with Crippen molar-refractivity contribution in [3.63, 3.8) is 0 Å². The lowest BCUT2D eigenvalue weighted by Gasteiger charge is -2.25. The van der Waals surface area contributed by atoms with E-state index in [0.29, 0.717) is 38.7 Å². The van der Waals surface area contributed by atoms with Gasteiger partial charge in [0.05, 0.1) is 35.1 Å². The van der Waals surface area contributed by atoms with E-state index in [1.807, 2.05) is 73.0 Å². The number of aromatic nitrogens is 1. The lowest BCUT2D eigenvalue weighted by Crippen LogP contribution is -2.40. The topological polar surface area (TPSA) is 79.1 Å². The average Bonchev–Trinajstić information content (AvgIpc) is 3.36. The number of nitrogens with zero attached hydrogens (tertiary/aromatic N) is 2. The van der Waals surface area contributed by atoms with E-state index in [2.05, 4.69) is 24.3 Å². The molecule has 9 heteroatoms. The highest BCUT2D eigenvalue weighted by molar-refractivity contribution is 7.98. The van der Waals surface area contributed by atoms with Crippen LogP contribution in [0, 0.1) is 0 Å². The van der Waals surface area contributed by atoms with Crippen molar-refractivity contribution in [3.8, 4) is 11.5 Å². The van der Waals surface area contributed by atoms with Gasteiger partial charge in [-0.3, -0.25) is 9.36 Å². The van der Waals surface area contributed by atoms with Gasteiger partial charge >= 0.3 is 5.97 Å². The molecule has 1 aromatic heterocycles. The summed E-state index contributed by atoms with van der Waals surface area (Å²) in [5.74, 6) is 0.683. The number of thiazole rings is 1. The third-order valence-corrected chi connectivity index (χ3v) is 9.49. The second-order valence-electron chi connectivity index (χ2n) is 11.1. The normalized spacial score (nSPS) is 14.7. The second-order valence-corrected chi connectivity index (χ2v) is 13.0. The van der Waals surface area contributed by atoms with Crippen LogP contribution in [0.3, 0.4) is 0 Å². The van der Waals surface area contributed by atoms with Crippen LogP contribution in [0.5, 0.6) is 11.5 Å². The fourth-order valence-electron chi connectivity index (χ4n) is 5.58. The number of methoxy groups -OCH3 is 1. The summed E-state index contributed by atoms with van der Waals surface area (Å²) in [7, 11) is 1.60. The van der Waals surface area contributed by atoms with Crippen LogP contribution in [0.2, 0.25) is 0 Å². The Hall–Kier alpha value is -4.60. The smallest absolute Gasteiger partial charge is 0.338 e. The molecule has 4 aromatic carbocycles.